The molecule has 0 bridgehead atoms. The highest BCUT2D eigenvalue weighted by Crippen LogP contribution is 2.11. The lowest BCUT2D eigenvalue weighted by Crippen LogP contribution is -2.42. The molecule has 0 amide bonds. The molecule has 18 heavy (non-hydrogen) atoms. The lowest BCUT2D eigenvalue weighted by Gasteiger charge is -2.28. The van der Waals surface area contributed by atoms with Crippen LogP contribution in [-0.2, 0) is 13.0 Å². The van der Waals surface area contributed by atoms with Crippen molar-refractivity contribution in [3.8, 4) is 0 Å². The van der Waals surface area contributed by atoms with Gasteiger partial charge in [-0.3, -0.25) is 0 Å². The van der Waals surface area contributed by atoms with Gasteiger partial charge in [-0.2, -0.15) is 0 Å². The van der Waals surface area contributed by atoms with Gasteiger partial charge in [-0.15, -0.1) is 0 Å². The number of aryl methyl sites for hydroxylation is 1. The predicted molar refractivity (Wildman–Crippen MR) is 77.8 cm³/mol. The molecule has 0 saturated carbocycles. The van der Waals surface area contributed by atoms with E-state index in [0.717, 1.165) is 19.5 Å². The quantitative estimate of drug-likeness (QED) is 0.859. The zero-order chi connectivity index (χ0) is 12.8. The van der Waals surface area contributed by atoms with E-state index in [9.17, 15) is 0 Å². The van der Waals surface area contributed by atoms with Crippen LogP contribution in [0.1, 0.15) is 37.3 Å². The molecule has 0 aromatic heterocycles. The minimum absolute atomic E-state index is 0.693. The van der Waals surface area contributed by atoms with E-state index in [1.54, 1.807) is 0 Å². The lowest BCUT2D eigenvalue weighted by atomic mass is 10.0. The molecular formula is C16H26N2. The van der Waals surface area contributed by atoms with Crippen LogP contribution in [0, 0.1) is 0 Å². The summed E-state index contributed by atoms with van der Waals surface area (Å²) in [4.78, 5) is 2.43. The summed E-state index contributed by atoms with van der Waals surface area (Å²) in [5.74, 6) is 0. The Morgan fingerprint density at radius 3 is 2.50 bits per heavy atom. The van der Waals surface area contributed by atoms with Gasteiger partial charge in [-0.1, -0.05) is 37.6 Å². The second kappa shape index (κ2) is 6.91. The van der Waals surface area contributed by atoms with Crippen LogP contribution in [0.15, 0.2) is 24.3 Å². The number of hydrogen-bond acceptors (Lipinski definition) is 2. The molecule has 1 N–H and O–H groups in total. The topological polar surface area (TPSA) is 15.3 Å². The van der Waals surface area contributed by atoms with Crippen molar-refractivity contribution in [2.75, 3.05) is 20.1 Å². The van der Waals surface area contributed by atoms with E-state index in [1.807, 2.05) is 0 Å². The first kappa shape index (κ1) is 13.6. The van der Waals surface area contributed by atoms with Gasteiger partial charge in [0.2, 0.25) is 0 Å². The average molecular weight is 246 g/mol. The van der Waals surface area contributed by atoms with Gasteiger partial charge in [0, 0.05) is 19.1 Å². The van der Waals surface area contributed by atoms with Crippen LogP contribution in [-0.4, -0.2) is 31.1 Å². The highest BCUT2D eigenvalue weighted by molar-refractivity contribution is 5.22. The van der Waals surface area contributed by atoms with Gasteiger partial charge in [0.1, 0.15) is 0 Å². The van der Waals surface area contributed by atoms with Crippen molar-refractivity contribution in [3.63, 3.8) is 0 Å². The first-order valence-electron chi connectivity index (χ1n) is 7.27. The zero-order valence-electron chi connectivity index (χ0n) is 11.8. The first-order chi connectivity index (χ1) is 8.78. The number of rotatable bonds is 5. The second-order valence-electron chi connectivity index (χ2n) is 5.51. The fraction of sp³-hybridized carbons (Fsp3) is 0.625. The summed E-state index contributed by atoms with van der Waals surface area (Å²) in [5.41, 5.74) is 2.85. The Hall–Kier alpha value is -0.860. The van der Waals surface area contributed by atoms with Crippen molar-refractivity contribution in [2.24, 2.45) is 0 Å². The number of hydrogen-bond donors (Lipinski definition) is 1. The van der Waals surface area contributed by atoms with Gasteiger partial charge in [0.25, 0.3) is 0 Å². The molecule has 0 radical (unpaired) electrons. The van der Waals surface area contributed by atoms with Gasteiger partial charge >= 0.3 is 0 Å². The van der Waals surface area contributed by atoms with Gasteiger partial charge in [-0.05, 0) is 44.0 Å². The largest absolute Gasteiger partial charge is 0.313 e. The Balaban J connectivity index is 1.80. The van der Waals surface area contributed by atoms with Gasteiger partial charge < -0.3 is 10.2 Å². The Bertz CT molecular complexity index is 339. The van der Waals surface area contributed by atoms with E-state index in [1.165, 1.54) is 36.9 Å². The normalized spacial score (nSPS) is 20.3. The van der Waals surface area contributed by atoms with E-state index >= 15 is 0 Å². The van der Waals surface area contributed by atoms with E-state index in [4.69, 9.17) is 0 Å². The standard InChI is InChI=1S/C16H26N2/c1-3-14-7-9-15(10-8-14)12-18(2)13-16-6-4-5-11-17-16/h7-10,16-17H,3-6,11-13H2,1-2H3. The van der Waals surface area contributed by atoms with Gasteiger partial charge in [0.15, 0.2) is 0 Å². The monoisotopic (exact) mass is 246 g/mol. The smallest absolute Gasteiger partial charge is 0.0231 e. The average Bonchev–Trinajstić information content (AvgIpc) is 2.40. The summed E-state index contributed by atoms with van der Waals surface area (Å²) in [6, 6.07) is 9.73. The van der Waals surface area contributed by atoms with Crippen molar-refractivity contribution < 1.29 is 0 Å². The molecule has 2 nitrogen and oxygen atoms in total. The molecular weight excluding hydrogens is 220 g/mol. The molecule has 0 aliphatic carbocycles. The van der Waals surface area contributed by atoms with E-state index < -0.39 is 0 Å². The van der Waals surface area contributed by atoms with Crippen LogP contribution in [0.25, 0.3) is 0 Å². The number of benzene rings is 1. The number of piperidine rings is 1. The maximum absolute atomic E-state index is 3.61. The molecule has 1 heterocycles. The minimum Gasteiger partial charge on any atom is -0.313 e. The summed E-state index contributed by atoms with van der Waals surface area (Å²) in [5, 5.41) is 3.61. The number of likely N-dealkylation sites (N-methyl/N-ethyl adjacent to an activating group) is 1. The van der Waals surface area contributed by atoms with Crippen molar-refractivity contribution in [3.05, 3.63) is 35.4 Å². The molecule has 2 rings (SSSR count). The zero-order valence-corrected chi connectivity index (χ0v) is 11.8. The summed E-state index contributed by atoms with van der Waals surface area (Å²) in [6.07, 6.45) is 5.19. The lowest BCUT2D eigenvalue weighted by molar-refractivity contribution is 0.256. The van der Waals surface area contributed by atoms with E-state index in [0.29, 0.717) is 6.04 Å². The number of nitrogens with zero attached hydrogens (tertiary/aromatic N) is 1. The van der Waals surface area contributed by atoms with Crippen molar-refractivity contribution in [2.45, 2.75) is 45.2 Å². The van der Waals surface area contributed by atoms with Crippen LogP contribution in [0.2, 0.25) is 0 Å². The fourth-order valence-corrected chi connectivity index (χ4v) is 2.71. The molecule has 1 saturated heterocycles. The third-order valence-electron chi connectivity index (χ3n) is 3.83. The number of nitrogens with one attached hydrogen (secondary N) is 1. The molecule has 1 aromatic carbocycles. The molecule has 2 heteroatoms. The molecule has 1 atom stereocenters. The maximum Gasteiger partial charge on any atom is 0.0231 e. The highest BCUT2D eigenvalue weighted by Gasteiger charge is 2.14. The van der Waals surface area contributed by atoms with Crippen LogP contribution in [0.4, 0.5) is 0 Å². The Morgan fingerprint density at radius 1 is 1.17 bits per heavy atom. The van der Waals surface area contributed by atoms with Gasteiger partial charge in [-0.25, -0.2) is 0 Å². The van der Waals surface area contributed by atoms with Crippen LogP contribution < -0.4 is 5.32 Å². The predicted octanol–water partition coefficient (Wildman–Crippen LogP) is 2.82. The fourth-order valence-electron chi connectivity index (χ4n) is 2.71. The maximum atomic E-state index is 3.61. The van der Waals surface area contributed by atoms with Crippen molar-refractivity contribution in [1.29, 1.82) is 0 Å². The molecule has 0 spiro atoms. The molecule has 1 aliphatic rings. The Kier molecular flexibility index (Phi) is 5.21. The molecule has 1 aliphatic heterocycles. The van der Waals surface area contributed by atoms with E-state index in [2.05, 4.69) is 48.5 Å². The Morgan fingerprint density at radius 2 is 1.89 bits per heavy atom. The van der Waals surface area contributed by atoms with Crippen molar-refractivity contribution in [1.82, 2.24) is 10.2 Å². The summed E-state index contributed by atoms with van der Waals surface area (Å²) in [6.45, 7) is 5.62. The van der Waals surface area contributed by atoms with Gasteiger partial charge in [0.05, 0.1) is 0 Å². The van der Waals surface area contributed by atoms with Crippen LogP contribution in [0.3, 0.4) is 0 Å². The third-order valence-corrected chi connectivity index (χ3v) is 3.83. The SMILES string of the molecule is CCc1ccc(CN(C)CC2CCCCN2)cc1. The summed E-state index contributed by atoms with van der Waals surface area (Å²) >= 11 is 0. The summed E-state index contributed by atoms with van der Waals surface area (Å²) in [7, 11) is 2.23. The van der Waals surface area contributed by atoms with Crippen LogP contribution in [0.5, 0.6) is 0 Å². The summed E-state index contributed by atoms with van der Waals surface area (Å²) < 4.78 is 0. The molecule has 100 valence electrons. The molecule has 1 fully saturated rings. The second-order valence-corrected chi connectivity index (χ2v) is 5.51. The minimum atomic E-state index is 0.693. The third kappa shape index (κ3) is 4.11. The highest BCUT2D eigenvalue weighted by atomic mass is 15.1. The molecule has 1 aromatic rings. The Labute approximate surface area is 111 Å². The molecule has 1 unspecified atom stereocenters. The van der Waals surface area contributed by atoms with Crippen molar-refractivity contribution >= 4 is 0 Å². The first-order valence-corrected chi connectivity index (χ1v) is 7.27. The van der Waals surface area contributed by atoms with Crippen LogP contribution >= 0.6 is 0 Å². The van der Waals surface area contributed by atoms with E-state index in [-0.39, 0.29) is 0 Å².